The number of hydrogen-bond donors (Lipinski definition) is 0. The molecule has 0 fully saturated rings. The van der Waals surface area contributed by atoms with Crippen LogP contribution in [0.1, 0.15) is 28.5 Å². The summed E-state index contributed by atoms with van der Waals surface area (Å²) in [5, 5.41) is 4.67. The molecule has 0 saturated carbocycles. The van der Waals surface area contributed by atoms with Gasteiger partial charge in [-0.05, 0) is 37.6 Å². The van der Waals surface area contributed by atoms with E-state index in [4.69, 9.17) is 11.6 Å². The summed E-state index contributed by atoms with van der Waals surface area (Å²) in [6.45, 7) is 4.63. The molecule has 1 aromatic heterocycles. The van der Waals surface area contributed by atoms with E-state index in [1.165, 1.54) is 6.08 Å². The number of aryl methyl sites for hydroxylation is 1. The molecule has 1 aromatic carbocycles. The van der Waals surface area contributed by atoms with Crippen LogP contribution < -0.4 is 0 Å². The Morgan fingerprint density at radius 1 is 1.29 bits per heavy atom. The van der Waals surface area contributed by atoms with Gasteiger partial charge in [-0.25, -0.2) is 0 Å². The summed E-state index contributed by atoms with van der Waals surface area (Å²) >= 11 is 6.12. The fourth-order valence-corrected chi connectivity index (χ4v) is 2.20. The first-order valence-electron chi connectivity index (χ1n) is 6.79. The highest BCUT2D eigenvalue weighted by Crippen LogP contribution is 2.13. The van der Waals surface area contributed by atoms with Gasteiger partial charge in [0.15, 0.2) is 5.78 Å². The van der Waals surface area contributed by atoms with Gasteiger partial charge in [0.2, 0.25) is 0 Å². The molecule has 0 aliphatic rings. The van der Waals surface area contributed by atoms with Gasteiger partial charge in [-0.2, -0.15) is 5.10 Å². The Bertz CT molecular complexity index is 684. The Morgan fingerprint density at radius 3 is 2.62 bits per heavy atom. The molecule has 0 saturated heterocycles. The van der Waals surface area contributed by atoms with Crippen LogP contribution in [0.5, 0.6) is 0 Å². The van der Waals surface area contributed by atoms with Gasteiger partial charge < -0.3 is 0 Å². The first kappa shape index (κ1) is 15.3. The predicted molar refractivity (Wildman–Crippen MR) is 86.4 cm³/mol. The number of hydrogen-bond acceptors (Lipinski definition) is 2. The number of allylic oxidation sites excluding steroid dienone is 3. The maximum Gasteiger partial charge on any atom is 0.189 e. The van der Waals surface area contributed by atoms with Crippen LogP contribution in [0.25, 0.3) is 6.08 Å². The smallest absolute Gasteiger partial charge is 0.189 e. The summed E-state index contributed by atoms with van der Waals surface area (Å²) in [6, 6.07) is 9.72. The molecule has 0 amide bonds. The minimum atomic E-state index is -0.0909. The normalized spacial score (nSPS) is 12.0. The molecule has 0 aliphatic carbocycles. The van der Waals surface area contributed by atoms with E-state index < -0.39 is 0 Å². The third-order valence-corrected chi connectivity index (χ3v) is 3.40. The van der Waals surface area contributed by atoms with Crippen molar-refractivity contribution >= 4 is 23.5 Å². The van der Waals surface area contributed by atoms with Crippen molar-refractivity contribution in [3.8, 4) is 0 Å². The monoisotopic (exact) mass is 300 g/mol. The summed E-state index contributed by atoms with van der Waals surface area (Å²) in [4.78, 5) is 12.1. The van der Waals surface area contributed by atoms with E-state index in [1.807, 2.05) is 50.3 Å². The molecule has 0 atom stereocenters. The van der Waals surface area contributed by atoms with Crippen LogP contribution in [0.3, 0.4) is 0 Å². The van der Waals surface area contributed by atoms with E-state index in [0.29, 0.717) is 10.6 Å². The van der Waals surface area contributed by atoms with E-state index in [2.05, 4.69) is 5.10 Å². The van der Waals surface area contributed by atoms with E-state index in [-0.39, 0.29) is 5.78 Å². The summed E-state index contributed by atoms with van der Waals surface area (Å²) < 4.78 is 1.79. The van der Waals surface area contributed by atoms with Crippen LogP contribution in [-0.4, -0.2) is 15.6 Å². The highest BCUT2D eigenvalue weighted by atomic mass is 35.5. The molecule has 2 aromatic rings. The summed E-state index contributed by atoms with van der Waals surface area (Å²) in [5.74, 6) is -0.0909. The lowest BCUT2D eigenvalue weighted by atomic mass is 10.1. The molecule has 108 valence electrons. The third-order valence-electron chi connectivity index (χ3n) is 3.17. The predicted octanol–water partition coefficient (Wildman–Crippen LogP) is 4.23. The maximum atomic E-state index is 12.1. The van der Waals surface area contributed by atoms with Crippen LogP contribution in [-0.2, 0) is 6.54 Å². The first-order chi connectivity index (χ1) is 10.1. The number of ketones is 1. The van der Waals surface area contributed by atoms with E-state index >= 15 is 0 Å². The molecule has 21 heavy (non-hydrogen) atoms. The van der Waals surface area contributed by atoms with E-state index in [9.17, 15) is 4.79 Å². The maximum absolute atomic E-state index is 12.1. The number of aromatic nitrogens is 2. The fraction of sp³-hybridized carbons (Fsp3) is 0.176. The van der Waals surface area contributed by atoms with Crippen molar-refractivity contribution in [2.24, 2.45) is 0 Å². The summed E-state index contributed by atoms with van der Waals surface area (Å²) in [7, 11) is 0. The Hall–Kier alpha value is -2.13. The quantitative estimate of drug-likeness (QED) is 0.470. The lowest BCUT2D eigenvalue weighted by Crippen LogP contribution is -2.01. The van der Waals surface area contributed by atoms with Crippen molar-refractivity contribution in [3.05, 3.63) is 70.5 Å². The van der Waals surface area contributed by atoms with Crippen molar-refractivity contribution < 1.29 is 4.79 Å². The van der Waals surface area contributed by atoms with Crippen molar-refractivity contribution in [1.82, 2.24) is 9.78 Å². The number of carbonyl (C=O) groups is 1. The molecular weight excluding hydrogens is 284 g/mol. The second kappa shape index (κ2) is 7.04. The van der Waals surface area contributed by atoms with Gasteiger partial charge in [-0.1, -0.05) is 41.9 Å². The molecule has 0 unspecified atom stereocenters. The van der Waals surface area contributed by atoms with Crippen LogP contribution in [0.15, 0.2) is 53.7 Å². The Balaban J connectivity index is 2.11. The van der Waals surface area contributed by atoms with Gasteiger partial charge in [-0.3, -0.25) is 9.48 Å². The topological polar surface area (TPSA) is 34.9 Å². The minimum Gasteiger partial charge on any atom is -0.289 e. The van der Waals surface area contributed by atoms with Crippen molar-refractivity contribution in [2.75, 3.05) is 0 Å². The highest BCUT2D eigenvalue weighted by molar-refractivity contribution is 6.33. The number of benzene rings is 1. The number of halogens is 1. The van der Waals surface area contributed by atoms with Crippen LogP contribution >= 0.6 is 11.6 Å². The lowest BCUT2D eigenvalue weighted by molar-refractivity contribution is 0.104. The van der Waals surface area contributed by atoms with Crippen molar-refractivity contribution in [1.29, 1.82) is 0 Å². The van der Waals surface area contributed by atoms with Gasteiger partial charge in [0.05, 0.1) is 11.8 Å². The third kappa shape index (κ3) is 3.92. The lowest BCUT2D eigenvalue weighted by Gasteiger charge is -1.99. The largest absolute Gasteiger partial charge is 0.289 e. The molecule has 2 rings (SSSR count). The average molecular weight is 301 g/mol. The molecule has 0 spiro atoms. The number of carbonyl (C=O) groups excluding carboxylic acids is 1. The van der Waals surface area contributed by atoms with Crippen LogP contribution in [0.4, 0.5) is 0 Å². The molecule has 0 bridgehead atoms. The minimum absolute atomic E-state index is 0.0909. The van der Waals surface area contributed by atoms with Gasteiger partial charge in [0.1, 0.15) is 0 Å². The zero-order valence-corrected chi connectivity index (χ0v) is 12.8. The average Bonchev–Trinajstić information content (AvgIpc) is 2.87. The van der Waals surface area contributed by atoms with Crippen molar-refractivity contribution in [3.63, 3.8) is 0 Å². The van der Waals surface area contributed by atoms with E-state index in [1.54, 1.807) is 17.0 Å². The zero-order valence-electron chi connectivity index (χ0n) is 12.1. The molecule has 1 heterocycles. The highest BCUT2D eigenvalue weighted by Gasteiger charge is 2.10. The molecule has 0 radical (unpaired) electrons. The molecule has 4 heteroatoms. The Morgan fingerprint density at radius 2 is 2.00 bits per heavy atom. The Labute approximate surface area is 129 Å². The van der Waals surface area contributed by atoms with Gasteiger partial charge in [0.25, 0.3) is 0 Å². The van der Waals surface area contributed by atoms with Crippen molar-refractivity contribution in [2.45, 2.75) is 20.4 Å². The van der Waals surface area contributed by atoms with Gasteiger partial charge >= 0.3 is 0 Å². The first-order valence-corrected chi connectivity index (χ1v) is 7.16. The SMILES string of the molecule is CCn1ncc(C(=O)/C=C/C(Cl)=C/c2ccccc2)c1C. The Kier molecular flexibility index (Phi) is 5.12. The summed E-state index contributed by atoms with van der Waals surface area (Å²) in [6.07, 6.45) is 6.50. The van der Waals surface area contributed by atoms with Crippen LogP contribution in [0, 0.1) is 6.92 Å². The van der Waals surface area contributed by atoms with Gasteiger partial charge in [-0.15, -0.1) is 0 Å². The van der Waals surface area contributed by atoms with Crippen LogP contribution in [0.2, 0.25) is 0 Å². The van der Waals surface area contributed by atoms with E-state index in [0.717, 1.165) is 17.8 Å². The zero-order chi connectivity index (χ0) is 15.2. The molecule has 0 N–H and O–H groups in total. The molecular formula is C17H17ClN2O. The van der Waals surface area contributed by atoms with Gasteiger partial charge in [0, 0.05) is 17.3 Å². The molecule has 0 aliphatic heterocycles. The summed E-state index contributed by atoms with van der Waals surface area (Å²) in [5.41, 5.74) is 2.47. The fourth-order valence-electron chi connectivity index (χ4n) is 2.01. The second-order valence-electron chi connectivity index (χ2n) is 4.60. The number of nitrogens with zero attached hydrogens (tertiary/aromatic N) is 2. The second-order valence-corrected chi connectivity index (χ2v) is 5.03. The number of rotatable bonds is 5. The standard InChI is InChI=1S/C17H17ClN2O/c1-3-20-13(2)16(12-19-20)17(21)10-9-15(18)11-14-7-5-4-6-8-14/h4-12H,3H2,1-2H3/b10-9+,15-11-. The molecule has 3 nitrogen and oxygen atoms in total.